The number of benzene rings is 4. The van der Waals surface area contributed by atoms with Gasteiger partial charge in [-0.15, -0.1) is 0 Å². The number of allylic oxidation sites excluding steroid dienone is 2. The zero-order valence-electron chi connectivity index (χ0n) is 18.8. The van der Waals surface area contributed by atoms with Gasteiger partial charge in [0, 0.05) is 16.6 Å². The first-order chi connectivity index (χ1) is 16.3. The van der Waals surface area contributed by atoms with Crippen LogP contribution in [0.4, 0.5) is 0 Å². The Morgan fingerprint density at radius 2 is 1.30 bits per heavy atom. The lowest BCUT2D eigenvalue weighted by Gasteiger charge is -2.21. The molecule has 33 heavy (non-hydrogen) atoms. The first-order valence-electron chi connectivity index (χ1n) is 11.7. The molecule has 1 fully saturated rings. The van der Waals surface area contributed by atoms with Crippen molar-refractivity contribution in [3.8, 4) is 11.5 Å². The van der Waals surface area contributed by atoms with Gasteiger partial charge in [0.25, 0.3) is 0 Å². The van der Waals surface area contributed by atoms with Gasteiger partial charge in [-0.2, -0.15) is 0 Å². The van der Waals surface area contributed by atoms with E-state index in [2.05, 4.69) is 128 Å². The highest BCUT2D eigenvalue weighted by Gasteiger charge is 2.61. The molecule has 2 unspecified atom stereocenters. The van der Waals surface area contributed by atoms with Gasteiger partial charge in [0.15, 0.2) is 0 Å². The van der Waals surface area contributed by atoms with E-state index < -0.39 is 7.92 Å². The van der Waals surface area contributed by atoms with Crippen LogP contribution in [0.1, 0.15) is 23.5 Å². The van der Waals surface area contributed by atoms with Gasteiger partial charge in [0.2, 0.25) is 0 Å². The Labute approximate surface area is 197 Å². The van der Waals surface area contributed by atoms with Crippen molar-refractivity contribution in [3.05, 3.63) is 132 Å². The highest BCUT2D eigenvalue weighted by molar-refractivity contribution is 7.72. The van der Waals surface area contributed by atoms with Crippen LogP contribution >= 0.6 is 7.92 Å². The summed E-state index contributed by atoms with van der Waals surface area (Å²) in [5.74, 6) is 3.00. The lowest BCUT2D eigenvalue weighted by Crippen LogP contribution is -2.14. The van der Waals surface area contributed by atoms with Crippen LogP contribution in [0.15, 0.2) is 121 Å². The molecule has 2 heteroatoms. The molecule has 2 aliphatic carbocycles. The van der Waals surface area contributed by atoms with Gasteiger partial charge in [-0.3, -0.25) is 0 Å². The fourth-order valence-electron chi connectivity index (χ4n) is 5.28. The Balaban J connectivity index is 1.34. The van der Waals surface area contributed by atoms with Gasteiger partial charge in [-0.05, 0) is 55.5 Å². The molecule has 162 valence electrons. The summed E-state index contributed by atoms with van der Waals surface area (Å²) in [5, 5.41) is 2.64. The average molecular weight is 447 g/mol. The smallest absolute Gasteiger partial charge is 0.135 e. The molecule has 3 atom stereocenters. The van der Waals surface area contributed by atoms with E-state index in [-0.39, 0.29) is 5.41 Å². The predicted octanol–water partition coefficient (Wildman–Crippen LogP) is 7.15. The van der Waals surface area contributed by atoms with Crippen molar-refractivity contribution in [2.24, 2.45) is 5.92 Å². The topological polar surface area (TPSA) is 9.23 Å². The number of hydrogen-bond donors (Lipinski definition) is 0. The molecule has 0 aromatic heterocycles. The molecule has 1 nitrogen and oxygen atoms in total. The molecule has 0 heterocycles. The summed E-state index contributed by atoms with van der Waals surface area (Å²) >= 11 is 0. The lowest BCUT2D eigenvalue weighted by molar-refractivity contribution is 0.476. The monoisotopic (exact) mass is 446 g/mol. The Morgan fingerprint density at radius 1 is 0.697 bits per heavy atom. The third-order valence-electron chi connectivity index (χ3n) is 7.18. The average Bonchev–Trinajstić information content (AvgIpc) is 3.80. The molecule has 1 saturated carbocycles. The molecular formula is C31H27OP. The van der Waals surface area contributed by atoms with Crippen molar-refractivity contribution in [1.82, 2.24) is 0 Å². The summed E-state index contributed by atoms with van der Waals surface area (Å²) in [6, 6.07) is 39.0. The van der Waals surface area contributed by atoms with Crippen LogP contribution in [0.25, 0.3) is 0 Å². The highest BCUT2D eigenvalue weighted by atomic mass is 31.1. The zero-order chi connectivity index (χ0) is 22.3. The lowest BCUT2D eigenvalue weighted by atomic mass is 9.85. The molecule has 0 amide bonds. The molecule has 0 aliphatic heterocycles. The van der Waals surface area contributed by atoms with Gasteiger partial charge in [0.05, 0.1) is 0 Å². The summed E-state index contributed by atoms with van der Waals surface area (Å²) in [5.41, 5.74) is 2.95. The van der Waals surface area contributed by atoms with Gasteiger partial charge in [-0.1, -0.05) is 109 Å². The Bertz CT molecular complexity index is 1290. The standard InChI is InChI=1S/C31H27OP/c1-33(25-14-6-3-7-15-25)30-19-11-10-18-29(30)32-28-17-9-8-16-26(28)27-22-31(27,24-20-21-24)23-12-4-2-5-13-23/h2-21,24,27H,22H2,1H3/t27-,31?,33?/m1/s1. The van der Waals surface area contributed by atoms with Crippen molar-refractivity contribution in [2.45, 2.75) is 17.8 Å². The van der Waals surface area contributed by atoms with E-state index in [1.165, 1.54) is 28.2 Å². The fraction of sp³-hybridized carbons (Fsp3) is 0.161. The van der Waals surface area contributed by atoms with Crippen molar-refractivity contribution in [3.63, 3.8) is 0 Å². The van der Waals surface area contributed by atoms with E-state index >= 15 is 0 Å². The Hall–Kier alpha value is -3.15. The normalized spacial score (nSPS) is 22.0. The van der Waals surface area contributed by atoms with E-state index in [1.54, 1.807) is 0 Å². The summed E-state index contributed by atoms with van der Waals surface area (Å²) in [7, 11) is -0.487. The SMILES string of the molecule is CP(c1ccccc1)c1ccccc1Oc1ccccc1[C@H]1CC1(c1ccccc1)C1C=C1. The molecule has 0 N–H and O–H groups in total. The van der Waals surface area contributed by atoms with Crippen LogP contribution in [0.5, 0.6) is 11.5 Å². The molecule has 0 spiro atoms. The van der Waals surface area contributed by atoms with Crippen LogP contribution in [-0.4, -0.2) is 6.66 Å². The minimum Gasteiger partial charge on any atom is -0.456 e. The quantitative estimate of drug-likeness (QED) is 0.216. The summed E-state index contributed by atoms with van der Waals surface area (Å²) < 4.78 is 6.71. The maximum Gasteiger partial charge on any atom is 0.135 e. The van der Waals surface area contributed by atoms with Gasteiger partial charge in [0.1, 0.15) is 11.5 Å². The second-order valence-corrected chi connectivity index (χ2v) is 11.2. The number of hydrogen-bond acceptors (Lipinski definition) is 1. The maximum absolute atomic E-state index is 6.71. The molecule has 0 saturated heterocycles. The highest BCUT2D eigenvalue weighted by Crippen LogP contribution is 2.68. The summed E-state index contributed by atoms with van der Waals surface area (Å²) in [6.07, 6.45) is 5.88. The number of ether oxygens (including phenoxy) is 1. The summed E-state index contributed by atoms with van der Waals surface area (Å²) in [4.78, 5) is 0. The first-order valence-corrected chi connectivity index (χ1v) is 13.4. The van der Waals surface area contributed by atoms with Crippen molar-refractivity contribution in [1.29, 1.82) is 0 Å². The second-order valence-electron chi connectivity index (χ2n) is 9.08. The van der Waals surface area contributed by atoms with E-state index in [0.29, 0.717) is 11.8 Å². The van der Waals surface area contributed by atoms with Crippen LogP contribution in [-0.2, 0) is 5.41 Å². The summed E-state index contributed by atoms with van der Waals surface area (Å²) in [6.45, 7) is 2.32. The van der Waals surface area contributed by atoms with Crippen LogP contribution in [0, 0.1) is 5.92 Å². The molecule has 0 bridgehead atoms. The Kier molecular flexibility index (Phi) is 5.16. The van der Waals surface area contributed by atoms with Crippen molar-refractivity contribution < 1.29 is 4.74 Å². The second kappa shape index (κ2) is 8.32. The molecular weight excluding hydrogens is 419 g/mol. The Morgan fingerprint density at radius 3 is 2.03 bits per heavy atom. The molecule has 6 rings (SSSR count). The van der Waals surface area contributed by atoms with Crippen LogP contribution in [0.2, 0.25) is 0 Å². The first kappa shape index (κ1) is 20.5. The van der Waals surface area contributed by atoms with Crippen molar-refractivity contribution >= 4 is 18.5 Å². The van der Waals surface area contributed by atoms with E-state index in [9.17, 15) is 0 Å². The number of rotatable bonds is 7. The molecule has 4 aromatic carbocycles. The molecule has 4 aromatic rings. The van der Waals surface area contributed by atoms with E-state index in [4.69, 9.17) is 4.74 Å². The van der Waals surface area contributed by atoms with E-state index in [1.807, 2.05) is 0 Å². The third-order valence-corrected chi connectivity index (χ3v) is 9.34. The minimum atomic E-state index is -0.487. The molecule has 2 aliphatic rings. The van der Waals surface area contributed by atoms with E-state index in [0.717, 1.165) is 11.5 Å². The largest absolute Gasteiger partial charge is 0.456 e. The van der Waals surface area contributed by atoms with Gasteiger partial charge in [-0.25, -0.2) is 0 Å². The third kappa shape index (κ3) is 3.71. The van der Waals surface area contributed by atoms with Crippen molar-refractivity contribution in [2.75, 3.05) is 6.66 Å². The van der Waals surface area contributed by atoms with Gasteiger partial charge < -0.3 is 4.74 Å². The maximum atomic E-state index is 6.71. The minimum absolute atomic E-state index is 0.182. The van der Waals surface area contributed by atoms with Crippen LogP contribution < -0.4 is 15.3 Å². The van der Waals surface area contributed by atoms with Gasteiger partial charge >= 0.3 is 0 Å². The molecule has 0 radical (unpaired) electrons. The predicted molar refractivity (Wildman–Crippen MR) is 140 cm³/mol. The fourth-order valence-corrected chi connectivity index (χ4v) is 6.94. The number of para-hydroxylation sites is 2. The van der Waals surface area contributed by atoms with Crippen LogP contribution in [0.3, 0.4) is 0 Å². The zero-order valence-corrected chi connectivity index (χ0v) is 19.7.